The molecule has 1 aliphatic heterocycles. The van der Waals surface area contributed by atoms with E-state index in [-0.39, 0.29) is 41.1 Å². The maximum Gasteiger partial charge on any atom is 0.481 e. The second-order valence-corrected chi connectivity index (χ2v) is 11.3. The summed E-state index contributed by atoms with van der Waals surface area (Å²) >= 11 is 0. The van der Waals surface area contributed by atoms with Crippen LogP contribution in [-0.4, -0.2) is 43.1 Å². The van der Waals surface area contributed by atoms with Gasteiger partial charge >= 0.3 is 7.12 Å². The fraction of sp³-hybridized carbons (Fsp3) is 0.680. The first kappa shape index (κ1) is 24.2. The number of aryl methyl sites for hydroxylation is 1. The highest BCUT2D eigenvalue weighted by atomic mass is 19.1. The molecule has 4 aliphatic rings. The fourth-order valence-electron chi connectivity index (χ4n) is 6.14. The number of benzene rings is 1. The molecule has 2 bridgehead atoms. The molecule has 1 aromatic rings. The molecule has 0 radical (unpaired) electrons. The van der Waals surface area contributed by atoms with E-state index in [2.05, 4.69) is 45.3 Å². The maximum atomic E-state index is 14.0. The van der Waals surface area contributed by atoms with E-state index < -0.39 is 18.8 Å². The Labute approximate surface area is 196 Å². The summed E-state index contributed by atoms with van der Waals surface area (Å²) < 4.78 is 26.9. The van der Waals surface area contributed by atoms with Crippen molar-refractivity contribution in [3.63, 3.8) is 0 Å². The number of carbonyl (C=O) groups is 2. The summed E-state index contributed by atoms with van der Waals surface area (Å²) in [4.78, 5) is 25.1. The Morgan fingerprint density at radius 3 is 2.64 bits per heavy atom. The number of amides is 2. The first-order chi connectivity index (χ1) is 15.4. The molecule has 5 atom stereocenters. The highest BCUT2D eigenvalue weighted by Crippen LogP contribution is 2.65. The molecule has 0 aromatic heterocycles. The number of rotatable bonds is 7. The lowest BCUT2D eigenvalue weighted by Gasteiger charge is -2.64. The lowest BCUT2D eigenvalue weighted by atomic mass is 9.43. The maximum absolute atomic E-state index is 14.0. The van der Waals surface area contributed by atoms with Crippen LogP contribution in [0.15, 0.2) is 18.2 Å². The zero-order chi connectivity index (χ0) is 24.1. The summed E-state index contributed by atoms with van der Waals surface area (Å²) in [5.41, 5.74) is 0.604. The highest BCUT2D eigenvalue weighted by molar-refractivity contribution is 6.47. The third-order valence-corrected chi connectivity index (χ3v) is 8.15. The Balaban J connectivity index is 1.39. The number of halogens is 1. The SMILES string of the molecule is Cc1ccc(F)c(C(=O)NCC(=O)N[C@@H](CC(C)C)B2O[C@@H]3CC4C[C@@H](C4(C)C)[C@]3(C)O2)c1. The van der Waals surface area contributed by atoms with E-state index in [4.69, 9.17) is 9.31 Å². The van der Waals surface area contributed by atoms with Crippen molar-refractivity contribution in [2.45, 2.75) is 78.5 Å². The van der Waals surface area contributed by atoms with Crippen molar-refractivity contribution in [2.24, 2.45) is 23.2 Å². The Morgan fingerprint density at radius 2 is 1.97 bits per heavy atom. The Kier molecular flexibility index (Phi) is 6.38. The Hall–Kier alpha value is -1.93. The quantitative estimate of drug-likeness (QED) is 0.612. The minimum atomic E-state index is -0.610. The lowest BCUT2D eigenvalue weighted by Crippen LogP contribution is -2.65. The van der Waals surface area contributed by atoms with Gasteiger partial charge in [0.1, 0.15) is 5.82 Å². The van der Waals surface area contributed by atoms with Crippen LogP contribution in [0, 0.1) is 35.9 Å². The Morgan fingerprint density at radius 1 is 1.24 bits per heavy atom. The zero-order valence-electron chi connectivity index (χ0n) is 20.5. The molecule has 1 heterocycles. The summed E-state index contributed by atoms with van der Waals surface area (Å²) in [5.74, 6) is -0.483. The van der Waals surface area contributed by atoms with Crippen molar-refractivity contribution in [3.05, 3.63) is 35.1 Å². The van der Waals surface area contributed by atoms with Gasteiger partial charge in [-0.15, -0.1) is 0 Å². The molecule has 1 unspecified atom stereocenters. The standard InChI is InChI=1S/C25H36BFN2O4/c1-14(2)9-21(26-32-20-12-16-11-19(24(16,4)5)25(20,6)33-26)29-22(30)13-28-23(31)17-10-15(3)7-8-18(17)27/h7-8,10,14,16,19-21H,9,11-13H2,1-6H3,(H,28,31)(H,29,30)/t16?,19-,20+,21-,25-/m0/s1. The molecule has 2 amide bonds. The molecule has 2 N–H and O–H groups in total. The van der Waals surface area contributed by atoms with Crippen molar-refractivity contribution in [1.82, 2.24) is 10.6 Å². The van der Waals surface area contributed by atoms with E-state index in [1.54, 1.807) is 13.0 Å². The average Bonchev–Trinajstić information content (AvgIpc) is 3.10. The molecule has 4 fully saturated rings. The van der Waals surface area contributed by atoms with Gasteiger partial charge in [0.05, 0.1) is 29.8 Å². The van der Waals surface area contributed by atoms with E-state index in [9.17, 15) is 14.0 Å². The third kappa shape index (κ3) is 4.44. The summed E-state index contributed by atoms with van der Waals surface area (Å²) in [7, 11) is -0.522. The average molecular weight is 458 g/mol. The van der Waals surface area contributed by atoms with Gasteiger partial charge in [0.15, 0.2) is 0 Å². The van der Waals surface area contributed by atoms with Gasteiger partial charge in [-0.25, -0.2) is 4.39 Å². The van der Waals surface area contributed by atoms with E-state index in [0.717, 1.165) is 12.0 Å². The van der Waals surface area contributed by atoms with Gasteiger partial charge in [-0.2, -0.15) is 0 Å². The van der Waals surface area contributed by atoms with Crippen LogP contribution in [0.1, 0.15) is 69.8 Å². The van der Waals surface area contributed by atoms with Crippen LogP contribution in [0.5, 0.6) is 0 Å². The molecule has 5 rings (SSSR count). The molecule has 180 valence electrons. The molecular formula is C25H36BFN2O4. The van der Waals surface area contributed by atoms with Gasteiger partial charge in [0, 0.05) is 0 Å². The molecule has 3 aliphatic carbocycles. The predicted octanol–water partition coefficient (Wildman–Crippen LogP) is 3.66. The minimum Gasteiger partial charge on any atom is -0.404 e. The van der Waals surface area contributed by atoms with E-state index >= 15 is 0 Å². The van der Waals surface area contributed by atoms with Gasteiger partial charge in [-0.05, 0) is 68.4 Å². The van der Waals surface area contributed by atoms with Crippen LogP contribution in [0.25, 0.3) is 0 Å². The van der Waals surface area contributed by atoms with Gasteiger partial charge in [0.25, 0.3) is 5.91 Å². The summed E-state index contributed by atoms with van der Waals surface area (Å²) in [5, 5.41) is 5.53. The van der Waals surface area contributed by atoms with Crippen LogP contribution < -0.4 is 10.6 Å². The van der Waals surface area contributed by atoms with Crippen LogP contribution >= 0.6 is 0 Å². The van der Waals surface area contributed by atoms with Gasteiger partial charge in [-0.3, -0.25) is 9.59 Å². The molecule has 6 nitrogen and oxygen atoms in total. The van der Waals surface area contributed by atoms with Crippen molar-refractivity contribution in [3.8, 4) is 0 Å². The summed E-state index contributed by atoms with van der Waals surface area (Å²) in [6.45, 7) is 12.5. The first-order valence-electron chi connectivity index (χ1n) is 12.1. The van der Waals surface area contributed by atoms with Crippen LogP contribution in [0.3, 0.4) is 0 Å². The van der Waals surface area contributed by atoms with E-state index in [0.29, 0.717) is 24.2 Å². The largest absolute Gasteiger partial charge is 0.481 e. The third-order valence-electron chi connectivity index (χ3n) is 8.15. The molecule has 1 aromatic carbocycles. The minimum absolute atomic E-state index is 0.0369. The predicted molar refractivity (Wildman–Crippen MR) is 125 cm³/mol. The van der Waals surface area contributed by atoms with Crippen molar-refractivity contribution in [2.75, 3.05) is 6.54 Å². The van der Waals surface area contributed by atoms with Crippen LogP contribution in [0.2, 0.25) is 0 Å². The fourth-order valence-corrected chi connectivity index (χ4v) is 6.14. The van der Waals surface area contributed by atoms with Crippen LogP contribution in [0.4, 0.5) is 4.39 Å². The number of nitrogens with one attached hydrogen (secondary N) is 2. The zero-order valence-corrected chi connectivity index (χ0v) is 20.5. The smallest absolute Gasteiger partial charge is 0.404 e. The highest BCUT2D eigenvalue weighted by Gasteiger charge is 2.68. The second kappa shape index (κ2) is 8.69. The summed E-state index contributed by atoms with van der Waals surface area (Å²) in [6, 6.07) is 4.32. The molecule has 1 saturated heterocycles. The second-order valence-electron chi connectivity index (χ2n) is 11.3. The number of hydrogen-bond donors (Lipinski definition) is 2. The molecule has 33 heavy (non-hydrogen) atoms. The van der Waals surface area contributed by atoms with Crippen LogP contribution in [-0.2, 0) is 14.1 Å². The van der Waals surface area contributed by atoms with E-state index in [1.165, 1.54) is 18.6 Å². The summed E-state index contributed by atoms with van der Waals surface area (Å²) in [6.07, 6.45) is 2.88. The Bertz CT molecular complexity index is 939. The monoisotopic (exact) mass is 458 g/mol. The van der Waals surface area contributed by atoms with Gasteiger partial charge < -0.3 is 19.9 Å². The molecule has 0 spiro atoms. The van der Waals surface area contributed by atoms with Gasteiger partial charge in [0.2, 0.25) is 5.91 Å². The molecule has 8 heteroatoms. The van der Waals surface area contributed by atoms with Crippen molar-refractivity contribution >= 4 is 18.9 Å². The lowest BCUT2D eigenvalue weighted by molar-refractivity contribution is -0.199. The normalized spacial score (nSPS) is 30.4. The van der Waals surface area contributed by atoms with Gasteiger partial charge in [-0.1, -0.05) is 39.3 Å². The molecular weight excluding hydrogens is 422 g/mol. The first-order valence-corrected chi connectivity index (χ1v) is 12.1. The number of carbonyl (C=O) groups excluding carboxylic acids is 2. The van der Waals surface area contributed by atoms with E-state index in [1.807, 2.05) is 0 Å². The number of hydrogen-bond acceptors (Lipinski definition) is 4. The molecule has 3 saturated carbocycles. The van der Waals surface area contributed by atoms with Crippen molar-refractivity contribution in [1.29, 1.82) is 0 Å². The topological polar surface area (TPSA) is 76.7 Å². The van der Waals surface area contributed by atoms with Crippen molar-refractivity contribution < 1.29 is 23.3 Å².